The van der Waals surface area contributed by atoms with Crippen molar-refractivity contribution in [3.8, 4) is 0 Å². The third-order valence-corrected chi connectivity index (χ3v) is 3.63. The maximum Gasteiger partial charge on any atom is 0.0575 e. The van der Waals surface area contributed by atoms with Crippen molar-refractivity contribution in [3.05, 3.63) is 29.1 Å². The van der Waals surface area contributed by atoms with Gasteiger partial charge in [0.2, 0.25) is 0 Å². The van der Waals surface area contributed by atoms with Crippen LogP contribution in [-0.4, -0.2) is 25.5 Å². The molecule has 0 spiro atoms. The van der Waals surface area contributed by atoms with E-state index in [0.717, 1.165) is 18.7 Å². The van der Waals surface area contributed by atoms with Crippen LogP contribution in [0.1, 0.15) is 5.56 Å². The quantitative estimate of drug-likeness (QED) is 0.806. The van der Waals surface area contributed by atoms with Gasteiger partial charge in [-0.3, -0.25) is 0 Å². The van der Waals surface area contributed by atoms with Crippen LogP contribution in [0, 0.1) is 0 Å². The summed E-state index contributed by atoms with van der Waals surface area (Å²) < 4.78 is 1.23. The number of fused-ring (bicyclic) bond motifs is 1. The van der Waals surface area contributed by atoms with E-state index in [4.69, 9.17) is 5.73 Å². The molecule has 2 N–H and O–H groups in total. The van der Waals surface area contributed by atoms with Crippen LogP contribution in [0.5, 0.6) is 0 Å². The van der Waals surface area contributed by atoms with Crippen molar-refractivity contribution in [2.75, 3.05) is 26.4 Å². The molecule has 0 saturated heterocycles. The van der Waals surface area contributed by atoms with Crippen molar-refractivity contribution in [3.63, 3.8) is 0 Å². The molecule has 0 radical (unpaired) electrons. The summed E-state index contributed by atoms with van der Waals surface area (Å²) in [7, 11) is 4.20. The number of rotatable bonds is 3. The van der Waals surface area contributed by atoms with Gasteiger partial charge in [0.05, 0.1) is 4.70 Å². The van der Waals surface area contributed by atoms with E-state index in [0.29, 0.717) is 0 Å². The number of nitrogens with zero attached hydrogens (tertiary/aromatic N) is 1. The largest absolute Gasteiger partial charge is 0.398 e. The topological polar surface area (TPSA) is 29.3 Å². The zero-order valence-corrected chi connectivity index (χ0v) is 9.97. The Morgan fingerprint density at radius 3 is 2.87 bits per heavy atom. The molecule has 0 bridgehead atoms. The van der Waals surface area contributed by atoms with Gasteiger partial charge < -0.3 is 10.6 Å². The Bertz CT molecular complexity index is 460. The summed E-state index contributed by atoms with van der Waals surface area (Å²) in [5.74, 6) is 0. The summed E-state index contributed by atoms with van der Waals surface area (Å²) in [4.78, 5) is 2.20. The molecule has 1 aromatic carbocycles. The third kappa shape index (κ3) is 2.13. The van der Waals surface area contributed by atoms with E-state index in [1.54, 1.807) is 11.3 Å². The minimum Gasteiger partial charge on any atom is -0.398 e. The SMILES string of the molecule is CN(C)CCc1csc2c(N)cccc12. The van der Waals surface area contributed by atoms with Gasteiger partial charge in [-0.25, -0.2) is 0 Å². The number of anilines is 1. The predicted molar refractivity (Wildman–Crippen MR) is 68.5 cm³/mol. The second kappa shape index (κ2) is 4.21. The van der Waals surface area contributed by atoms with Crippen LogP contribution < -0.4 is 5.73 Å². The molecule has 0 unspecified atom stereocenters. The molecule has 1 aromatic heterocycles. The number of nitrogen functional groups attached to an aromatic ring is 1. The molecule has 0 atom stereocenters. The molecule has 0 aliphatic carbocycles. The van der Waals surface area contributed by atoms with Gasteiger partial charge in [-0.2, -0.15) is 0 Å². The lowest BCUT2D eigenvalue weighted by atomic mass is 10.1. The number of benzene rings is 1. The fraction of sp³-hybridized carbons (Fsp3) is 0.333. The summed E-state index contributed by atoms with van der Waals surface area (Å²) in [5.41, 5.74) is 8.24. The van der Waals surface area contributed by atoms with Gasteiger partial charge in [-0.1, -0.05) is 12.1 Å². The Morgan fingerprint density at radius 1 is 1.33 bits per heavy atom. The average Bonchev–Trinajstić information content (AvgIpc) is 2.59. The van der Waals surface area contributed by atoms with E-state index in [9.17, 15) is 0 Å². The van der Waals surface area contributed by atoms with Crippen molar-refractivity contribution in [2.45, 2.75) is 6.42 Å². The lowest BCUT2D eigenvalue weighted by Gasteiger charge is -2.08. The first kappa shape index (κ1) is 10.5. The highest BCUT2D eigenvalue weighted by Crippen LogP contribution is 2.30. The second-order valence-electron chi connectivity index (χ2n) is 4.04. The zero-order chi connectivity index (χ0) is 10.8. The van der Waals surface area contributed by atoms with E-state index in [-0.39, 0.29) is 0 Å². The third-order valence-electron chi connectivity index (χ3n) is 2.54. The molecule has 2 rings (SSSR count). The predicted octanol–water partition coefficient (Wildman–Crippen LogP) is 2.59. The van der Waals surface area contributed by atoms with E-state index < -0.39 is 0 Å². The molecular weight excluding hydrogens is 204 g/mol. The summed E-state index contributed by atoms with van der Waals surface area (Å²) in [6.07, 6.45) is 1.09. The van der Waals surface area contributed by atoms with Gasteiger partial charge in [-0.05, 0) is 42.9 Å². The van der Waals surface area contributed by atoms with Crippen LogP contribution in [0.25, 0.3) is 10.1 Å². The molecule has 80 valence electrons. The van der Waals surface area contributed by atoms with E-state index in [2.05, 4.69) is 30.4 Å². The number of likely N-dealkylation sites (N-methyl/N-ethyl adjacent to an activating group) is 1. The Labute approximate surface area is 94.3 Å². The van der Waals surface area contributed by atoms with Crippen LogP contribution in [0.2, 0.25) is 0 Å². The monoisotopic (exact) mass is 220 g/mol. The smallest absolute Gasteiger partial charge is 0.0575 e. The molecule has 1 heterocycles. The van der Waals surface area contributed by atoms with Gasteiger partial charge in [0.1, 0.15) is 0 Å². The molecule has 15 heavy (non-hydrogen) atoms. The molecule has 0 aliphatic heterocycles. The Hall–Kier alpha value is -1.06. The maximum atomic E-state index is 5.93. The Kier molecular flexibility index (Phi) is 2.93. The fourth-order valence-electron chi connectivity index (χ4n) is 1.67. The van der Waals surface area contributed by atoms with Gasteiger partial charge >= 0.3 is 0 Å². The zero-order valence-electron chi connectivity index (χ0n) is 9.16. The van der Waals surface area contributed by atoms with E-state index >= 15 is 0 Å². The van der Waals surface area contributed by atoms with Crippen molar-refractivity contribution in [1.82, 2.24) is 4.90 Å². The molecule has 2 nitrogen and oxygen atoms in total. The number of hydrogen-bond acceptors (Lipinski definition) is 3. The highest BCUT2D eigenvalue weighted by atomic mass is 32.1. The minimum atomic E-state index is 0.897. The van der Waals surface area contributed by atoms with Crippen LogP contribution in [0.3, 0.4) is 0 Å². The second-order valence-corrected chi connectivity index (χ2v) is 4.92. The minimum absolute atomic E-state index is 0.897. The van der Waals surface area contributed by atoms with Gasteiger partial charge in [0.15, 0.2) is 0 Å². The lowest BCUT2D eigenvalue weighted by molar-refractivity contribution is 0.414. The first-order chi connectivity index (χ1) is 7.18. The van der Waals surface area contributed by atoms with Crippen LogP contribution in [0.15, 0.2) is 23.6 Å². The first-order valence-electron chi connectivity index (χ1n) is 5.08. The van der Waals surface area contributed by atoms with Crippen LogP contribution >= 0.6 is 11.3 Å². The lowest BCUT2D eigenvalue weighted by Crippen LogP contribution is -2.14. The van der Waals surface area contributed by atoms with Gasteiger partial charge in [0, 0.05) is 12.2 Å². The first-order valence-corrected chi connectivity index (χ1v) is 5.96. The number of hydrogen-bond donors (Lipinski definition) is 1. The summed E-state index contributed by atoms with van der Waals surface area (Å²) in [5, 5.41) is 3.55. The highest BCUT2D eigenvalue weighted by molar-refractivity contribution is 7.18. The molecule has 0 fully saturated rings. The van der Waals surface area contributed by atoms with Crippen molar-refractivity contribution in [2.24, 2.45) is 0 Å². The van der Waals surface area contributed by atoms with Gasteiger partial charge in [0.25, 0.3) is 0 Å². The molecule has 2 aromatic rings. The Morgan fingerprint density at radius 2 is 2.13 bits per heavy atom. The molecule has 0 aliphatic rings. The summed E-state index contributed by atoms with van der Waals surface area (Å²) >= 11 is 1.75. The summed E-state index contributed by atoms with van der Waals surface area (Å²) in [6.45, 7) is 1.08. The molecular formula is C12H16N2S. The normalized spacial score (nSPS) is 11.4. The van der Waals surface area contributed by atoms with E-state index in [1.165, 1.54) is 15.6 Å². The number of thiophene rings is 1. The van der Waals surface area contributed by atoms with Crippen molar-refractivity contribution >= 4 is 27.1 Å². The van der Waals surface area contributed by atoms with E-state index in [1.807, 2.05) is 12.1 Å². The Balaban J connectivity index is 2.33. The molecule has 0 saturated carbocycles. The van der Waals surface area contributed by atoms with Crippen molar-refractivity contribution in [1.29, 1.82) is 0 Å². The van der Waals surface area contributed by atoms with Gasteiger partial charge in [-0.15, -0.1) is 11.3 Å². The van der Waals surface area contributed by atoms with Crippen molar-refractivity contribution < 1.29 is 0 Å². The standard InChI is InChI=1S/C12H16N2S/c1-14(2)7-6-9-8-15-12-10(9)4-3-5-11(12)13/h3-5,8H,6-7,13H2,1-2H3. The van der Waals surface area contributed by atoms with Crippen LogP contribution in [0.4, 0.5) is 5.69 Å². The van der Waals surface area contributed by atoms with Crippen LogP contribution in [-0.2, 0) is 6.42 Å². The fourth-order valence-corrected chi connectivity index (χ4v) is 2.71. The average molecular weight is 220 g/mol. The maximum absolute atomic E-state index is 5.93. The summed E-state index contributed by atoms with van der Waals surface area (Å²) in [6, 6.07) is 6.16. The number of nitrogens with two attached hydrogens (primary N) is 1. The highest BCUT2D eigenvalue weighted by Gasteiger charge is 2.05. The molecule has 3 heteroatoms. The molecule has 0 amide bonds.